The summed E-state index contributed by atoms with van der Waals surface area (Å²) in [6, 6.07) is 3.98. The van der Waals surface area contributed by atoms with Crippen molar-refractivity contribution in [2.24, 2.45) is 0 Å². The maximum atomic E-state index is 11.1. The van der Waals surface area contributed by atoms with Crippen LogP contribution in [0.1, 0.15) is 33.2 Å². The summed E-state index contributed by atoms with van der Waals surface area (Å²) in [6.45, 7) is 4.80. The minimum absolute atomic E-state index is 0.0102. The third-order valence-electron chi connectivity index (χ3n) is 2.61. The number of carbonyl (C=O) groups is 3. The van der Waals surface area contributed by atoms with E-state index in [1.165, 1.54) is 18.2 Å². The van der Waals surface area contributed by atoms with Gasteiger partial charge in [-0.15, -0.1) is 0 Å². The first-order valence-corrected chi connectivity index (χ1v) is 5.78. The first-order valence-electron chi connectivity index (χ1n) is 5.78. The highest BCUT2D eigenvalue weighted by molar-refractivity contribution is 5.96. The van der Waals surface area contributed by atoms with Crippen molar-refractivity contribution < 1.29 is 29.3 Å². The topological polar surface area (TPSA) is 101 Å². The lowest BCUT2D eigenvalue weighted by atomic mass is 9.96. The second kappa shape index (κ2) is 6.51. The molecule has 0 aliphatic rings. The van der Waals surface area contributed by atoms with Gasteiger partial charge in [-0.2, -0.15) is 0 Å². The lowest BCUT2D eigenvalue weighted by molar-refractivity contribution is -0.142. The third kappa shape index (κ3) is 3.68. The van der Waals surface area contributed by atoms with E-state index in [4.69, 9.17) is 14.9 Å². The number of carboxylic acids is 2. The minimum atomic E-state index is -1.23. The summed E-state index contributed by atoms with van der Waals surface area (Å²) in [4.78, 5) is 33.4. The fraction of sp³-hybridized carbons (Fsp3) is 0.214. The molecule has 1 atom stereocenters. The van der Waals surface area contributed by atoms with Crippen LogP contribution in [0, 0.1) is 0 Å². The first kappa shape index (κ1) is 15.4. The summed E-state index contributed by atoms with van der Waals surface area (Å²) >= 11 is 0. The average molecular weight is 278 g/mol. The molecular formula is C14H14O6. The summed E-state index contributed by atoms with van der Waals surface area (Å²) in [6.07, 6.45) is 0.306. The molecule has 0 aliphatic carbocycles. The Balaban J connectivity index is 3.13. The number of ether oxygens (including phenoxy) is 1. The Hall–Kier alpha value is -2.63. The van der Waals surface area contributed by atoms with Crippen molar-refractivity contribution in [2.45, 2.75) is 19.4 Å². The summed E-state index contributed by atoms with van der Waals surface area (Å²) in [7, 11) is 0. The molecule has 0 amide bonds. The van der Waals surface area contributed by atoms with Crippen molar-refractivity contribution in [1.82, 2.24) is 0 Å². The van der Waals surface area contributed by atoms with Crippen molar-refractivity contribution in [1.29, 1.82) is 0 Å². The van der Waals surface area contributed by atoms with Crippen LogP contribution in [0.15, 0.2) is 30.9 Å². The van der Waals surface area contributed by atoms with E-state index < -0.39 is 24.0 Å². The zero-order valence-electron chi connectivity index (χ0n) is 10.8. The molecule has 2 N–H and O–H groups in total. The Kier molecular flexibility index (Phi) is 5.02. The maximum Gasteiger partial charge on any atom is 0.335 e. The van der Waals surface area contributed by atoms with E-state index in [0.29, 0.717) is 0 Å². The van der Waals surface area contributed by atoms with Gasteiger partial charge in [0.1, 0.15) is 6.10 Å². The Morgan fingerprint density at radius 3 is 2.15 bits per heavy atom. The van der Waals surface area contributed by atoms with E-state index in [0.717, 1.165) is 6.08 Å². The normalized spacial score (nSPS) is 11.4. The summed E-state index contributed by atoms with van der Waals surface area (Å²) < 4.78 is 4.93. The molecule has 6 heteroatoms. The Morgan fingerprint density at radius 2 is 1.75 bits per heavy atom. The largest absolute Gasteiger partial charge is 0.478 e. The van der Waals surface area contributed by atoms with Crippen LogP contribution in [0.2, 0.25) is 0 Å². The van der Waals surface area contributed by atoms with E-state index >= 15 is 0 Å². The quantitative estimate of drug-likeness (QED) is 0.607. The molecule has 106 valence electrons. The predicted molar refractivity (Wildman–Crippen MR) is 69.8 cm³/mol. The lowest BCUT2D eigenvalue weighted by Gasteiger charge is -2.15. The fourth-order valence-corrected chi connectivity index (χ4v) is 1.78. The molecule has 0 radical (unpaired) electrons. The Morgan fingerprint density at radius 1 is 1.25 bits per heavy atom. The highest BCUT2D eigenvalue weighted by Crippen LogP contribution is 2.18. The standard InChI is InChI=1S/C14H14O6/c1-3-12(15)20-8(2)7-11-9(13(16)17)5-4-6-10(11)14(18)19/h3-6,8H,1,7H2,2H3,(H,16,17)(H,18,19). The summed E-state index contributed by atoms with van der Waals surface area (Å²) in [5, 5.41) is 18.2. The van der Waals surface area contributed by atoms with Gasteiger partial charge in [-0.3, -0.25) is 0 Å². The number of esters is 1. The number of hydrogen-bond acceptors (Lipinski definition) is 4. The average Bonchev–Trinajstić information content (AvgIpc) is 2.37. The SMILES string of the molecule is C=CC(=O)OC(C)Cc1c(C(=O)O)cccc1C(=O)O. The zero-order valence-corrected chi connectivity index (χ0v) is 10.8. The molecule has 0 saturated heterocycles. The highest BCUT2D eigenvalue weighted by Gasteiger charge is 2.20. The van der Waals surface area contributed by atoms with Gasteiger partial charge in [-0.25, -0.2) is 14.4 Å². The Bertz CT molecular complexity index is 529. The molecule has 0 heterocycles. The second-order valence-electron chi connectivity index (χ2n) is 4.10. The third-order valence-corrected chi connectivity index (χ3v) is 2.61. The second-order valence-corrected chi connectivity index (χ2v) is 4.10. The molecule has 0 aromatic heterocycles. The molecule has 0 spiro atoms. The van der Waals surface area contributed by atoms with Gasteiger partial charge < -0.3 is 14.9 Å². The fourth-order valence-electron chi connectivity index (χ4n) is 1.78. The molecule has 1 unspecified atom stereocenters. The van der Waals surface area contributed by atoms with Crippen LogP contribution in [0.5, 0.6) is 0 Å². The molecule has 1 rings (SSSR count). The summed E-state index contributed by atoms with van der Waals surface area (Å²) in [5.74, 6) is -3.11. The van der Waals surface area contributed by atoms with Crippen molar-refractivity contribution in [3.05, 3.63) is 47.5 Å². The van der Waals surface area contributed by atoms with Crippen LogP contribution in [0.25, 0.3) is 0 Å². The van der Waals surface area contributed by atoms with Gasteiger partial charge in [0.15, 0.2) is 0 Å². The molecule has 20 heavy (non-hydrogen) atoms. The van der Waals surface area contributed by atoms with Crippen LogP contribution in [-0.4, -0.2) is 34.2 Å². The molecule has 0 fully saturated rings. The molecule has 0 aliphatic heterocycles. The van der Waals surface area contributed by atoms with Gasteiger partial charge >= 0.3 is 17.9 Å². The number of hydrogen-bond donors (Lipinski definition) is 2. The van der Waals surface area contributed by atoms with Gasteiger partial charge in [0, 0.05) is 12.5 Å². The molecule has 1 aromatic rings. The van der Waals surface area contributed by atoms with Gasteiger partial charge in [0.25, 0.3) is 0 Å². The zero-order chi connectivity index (χ0) is 15.3. The molecule has 1 aromatic carbocycles. The number of benzene rings is 1. The van der Waals surface area contributed by atoms with Crippen LogP contribution >= 0.6 is 0 Å². The number of aromatic carboxylic acids is 2. The van der Waals surface area contributed by atoms with Gasteiger partial charge in [-0.1, -0.05) is 12.6 Å². The monoisotopic (exact) mass is 278 g/mol. The van der Waals surface area contributed by atoms with E-state index in [1.807, 2.05) is 0 Å². The van der Waals surface area contributed by atoms with Gasteiger partial charge in [-0.05, 0) is 24.6 Å². The van der Waals surface area contributed by atoms with Crippen molar-refractivity contribution in [3.8, 4) is 0 Å². The van der Waals surface area contributed by atoms with Gasteiger partial charge in [0.2, 0.25) is 0 Å². The van der Waals surface area contributed by atoms with E-state index in [2.05, 4.69) is 6.58 Å². The minimum Gasteiger partial charge on any atom is -0.478 e. The van der Waals surface area contributed by atoms with Gasteiger partial charge in [0.05, 0.1) is 11.1 Å². The van der Waals surface area contributed by atoms with Crippen molar-refractivity contribution in [3.63, 3.8) is 0 Å². The number of carboxylic acid groups (broad SMARTS) is 2. The first-order chi connectivity index (χ1) is 9.36. The van der Waals surface area contributed by atoms with E-state index in [9.17, 15) is 14.4 Å². The molecule has 0 saturated carbocycles. The molecule has 0 bridgehead atoms. The number of carbonyl (C=O) groups excluding carboxylic acids is 1. The van der Waals surface area contributed by atoms with Crippen LogP contribution in [-0.2, 0) is 16.0 Å². The Labute approximate surface area is 115 Å². The maximum absolute atomic E-state index is 11.1. The van der Waals surface area contributed by atoms with E-state index in [1.54, 1.807) is 6.92 Å². The van der Waals surface area contributed by atoms with Crippen LogP contribution in [0.3, 0.4) is 0 Å². The highest BCUT2D eigenvalue weighted by atomic mass is 16.5. The summed E-state index contributed by atoms with van der Waals surface area (Å²) in [5.41, 5.74) is -0.116. The van der Waals surface area contributed by atoms with Crippen LogP contribution in [0.4, 0.5) is 0 Å². The van der Waals surface area contributed by atoms with Crippen molar-refractivity contribution >= 4 is 17.9 Å². The lowest BCUT2D eigenvalue weighted by Crippen LogP contribution is -2.19. The number of rotatable bonds is 6. The van der Waals surface area contributed by atoms with Crippen LogP contribution < -0.4 is 0 Å². The van der Waals surface area contributed by atoms with Crippen molar-refractivity contribution in [2.75, 3.05) is 0 Å². The predicted octanol–water partition coefficient (Wildman–Crippen LogP) is 1.74. The molecule has 6 nitrogen and oxygen atoms in total. The molecular weight excluding hydrogens is 264 g/mol. The smallest absolute Gasteiger partial charge is 0.335 e. The van der Waals surface area contributed by atoms with E-state index in [-0.39, 0.29) is 23.1 Å².